The number of halogens is 1. The summed E-state index contributed by atoms with van der Waals surface area (Å²) in [7, 11) is 4.79. The van der Waals surface area contributed by atoms with Crippen LogP contribution in [0.25, 0.3) is 0 Å². The number of benzene rings is 2. The van der Waals surface area contributed by atoms with Gasteiger partial charge in [-0.1, -0.05) is 0 Å². The van der Waals surface area contributed by atoms with Crippen LogP contribution in [0.15, 0.2) is 53.7 Å². The summed E-state index contributed by atoms with van der Waals surface area (Å²) in [4.78, 5) is 29.7. The second kappa shape index (κ2) is 11.6. The summed E-state index contributed by atoms with van der Waals surface area (Å²) in [6, 6.07) is 8.02. The summed E-state index contributed by atoms with van der Waals surface area (Å²) < 4.78 is 25.8. The maximum atomic E-state index is 14.6. The monoisotopic (exact) mass is 458 g/mol. The van der Waals surface area contributed by atoms with Crippen molar-refractivity contribution >= 4 is 17.6 Å². The molecule has 0 aromatic heterocycles. The second-order valence-electron chi connectivity index (χ2n) is 7.21. The van der Waals surface area contributed by atoms with Crippen LogP contribution in [0.4, 0.5) is 4.39 Å². The number of carbonyl (C=O) groups is 2. The Morgan fingerprint density at radius 2 is 1.91 bits per heavy atom. The summed E-state index contributed by atoms with van der Waals surface area (Å²) in [6.45, 7) is 1.37. The fourth-order valence-corrected chi connectivity index (χ4v) is 2.58. The van der Waals surface area contributed by atoms with Crippen LogP contribution in [-0.4, -0.2) is 61.5 Å². The number of rotatable bonds is 9. The predicted molar refractivity (Wildman–Crippen MR) is 122 cm³/mol. The van der Waals surface area contributed by atoms with Crippen LogP contribution in [0.2, 0.25) is 0 Å². The number of aliphatic imine (C=N–C) groups is 1. The lowest BCUT2D eigenvalue weighted by Gasteiger charge is -2.15. The van der Waals surface area contributed by atoms with E-state index in [2.05, 4.69) is 10.3 Å². The standard InChI is InChI=1S/C23H27FN4O5/c1-14(13-29)32-17-9-16(22(30)27-21(25)7-8-26-2)10-18(12-17)33-20-6-5-15(11-19(20)24)23(31)28(3)4/h5-12,14,26,29H,13H2,1-4H3,(H2,25,27,30)/b8-7-/t14-/m0/s1. The zero-order valence-corrected chi connectivity index (χ0v) is 18.8. The molecule has 0 heterocycles. The van der Waals surface area contributed by atoms with Gasteiger partial charge in [-0.15, -0.1) is 0 Å². The van der Waals surface area contributed by atoms with Crippen molar-refractivity contribution in [1.82, 2.24) is 10.2 Å². The number of amidine groups is 1. The van der Waals surface area contributed by atoms with Gasteiger partial charge in [-0.2, -0.15) is 4.99 Å². The van der Waals surface area contributed by atoms with E-state index in [1.165, 1.54) is 47.5 Å². The van der Waals surface area contributed by atoms with E-state index in [0.29, 0.717) is 0 Å². The molecule has 0 saturated heterocycles. The molecule has 33 heavy (non-hydrogen) atoms. The molecule has 0 saturated carbocycles. The largest absolute Gasteiger partial charge is 0.488 e. The molecule has 10 heteroatoms. The summed E-state index contributed by atoms with van der Waals surface area (Å²) in [5.74, 6) is -1.68. The van der Waals surface area contributed by atoms with Gasteiger partial charge in [0, 0.05) is 38.3 Å². The molecule has 176 valence electrons. The van der Waals surface area contributed by atoms with Crippen molar-refractivity contribution in [3.63, 3.8) is 0 Å². The highest BCUT2D eigenvalue weighted by atomic mass is 19.1. The van der Waals surface area contributed by atoms with E-state index in [4.69, 9.17) is 15.2 Å². The molecule has 1 atom stereocenters. The minimum absolute atomic E-state index is 0.0286. The third-order valence-electron chi connectivity index (χ3n) is 4.19. The van der Waals surface area contributed by atoms with Gasteiger partial charge in [0.05, 0.1) is 6.61 Å². The minimum atomic E-state index is -0.759. The molecule has 0 aliphatic carbocycles. The molecule has 0 aliphatic rings. The third kappa shape index (κ3) is 7.32. The average Bonchev–Trinajstić information content (AvgIpc) is 2.78. The van der Waals surface area contributed by atoms with Crippen molar-refractivity contribution in [1.29, 1.82) is 0 Å². The fraction of sp³-hybridized carbons (Fsp3) is 0.261. The van der Waals surface area contributed by atoms with E-state index >= 15 is 0 Å². The van der Waals surface area contributed by atoms with Gasteiger partial charge in [-0.05, 0) is 49.5 Å². The first kappa shape index (κ1) is 25.3. The van der Waals surface area contributed by atoms with Crippen molar-refractivity contribution in [2.45, 2.75) is 13.0 Å². The van der Waals surface area contributed by atoms with Crippen molar-refractivity contribution < 1.29 is 28.6 Å². The van der Waals surface area contributed by atoms with E-state index < -0.39 is 17.8 Å². The first-order chi connectivity index (χ1) is 15.6. The number of hydrogen-bond acceptors (Lipinski definition) is 6. The lowest BCUT2D eigenvalue weighted by Crippen LogP contribution is -2.21. The number of aliphatic hydroxyl groups is 1. The van der Waals surface area contributed by atoms with Crippen molar-refractivity contribution in [2.75, 3.05) is 27.7 Å². The van der Waals surface area contributed by atoms with Crippen LogP contribution < -0.4 is 20.5 Å². The summed E-state index contributed by atoms with van der Waals surface area (Å²) in [5, 5.41) is 12.0. The fourth-order valence-electron chi connectivity index (χ4n) is 2.58. The molecule has 0 spiro atoms. The Morgan fingerprint density at radius 3 is 2.52 bits per heavy atom. The van der Waals surface area contributed by atoms with Gasteiger partial charge < -0.3 is 30.5 Å². The number of ether oxygens (including phenoxy) is 2. The molecule has 9 nitrogen and oxygen atoms in total. The number of nitrogens with one attached hydrogen (secondary N) is 1. The second-order valence-corrected chi connectivity index (χ2v) is 7.21. The lowest BCUT2D eigenvalue weighted by atomic mass is 10.1. The third-order valence-corrected chi connectivity index (χ3v) is 4.19. The number of amides is 2. The summed E-state index contributed by atoms with van der Waals surface area (Å²) >= 11 is 0. The number of carbonyl (C=O) groups excluding carboxylic acids is 2. The lowest BCUT2D eigenvalue weighted by molar-refractivity contribution is 0.0826. The number of hydrogen-bond donors (Lipinski definition) is 3. The van der Waals surface area contributed by atoms with Crippen molar-refractivity contribution in [2.24, 2.45) is 10.7 Å². The molecule has 2 aromatic carbocycles. The van der Waals surface area contributed by atoms with Crippen LogP contribution in [0, 0.1) is 5.82 Å². The molecule has 0 fully saturated rings. The van der Waals surface area contributed by atoms with E-state index in [9.17, 15) is 19.1 Å². The maximum Gasteiger partial charge on any atom is 0.279 e. The topological polar surface area (TPSA) is 126 Å². The Kier molecular flexibility index (Phi) is 8.93. The highest BCUT2D eigenvalue weighted by Crippen LogP contribution is 2.30. The Balaban J connectivity index is 2.40. The van der Waals surface area contributed by atoms with Gasteiger partial charge >= 0.3 is 0 Å². The Bertz CT molecular complexity index is 1070. The Morgan fingerprint density at radius 1 is 1.21 bits per heavy atom. The minimum Gasteiger partial charge on any atom is -0.488 e. The van der Waals surface area contributed by atoms with Crippen LogP contribution in [0.3, 0.4) is 0 Å². The molecule has 0 aliphatic heterocycles. The summed E-state index contributed by atoms with van der Waals surface area (Å²) in [5.41, 5.74) is 5.94. The zero-order valence-electron chi connectivity index (χ0n) is 18.8. The first-order valence-electron chi connectivity index (χ1n) is 9.98. The molecule has 0 radical (unpaired) electrons. The predicted octanol–water partition coefficient (Wildman–Crippen LogP) is 2.31. The van der Waals surface area contributed by atoms with Gasteiger partial charge in [0.1, 0.15) is 23.4 Å². The van der Waals surface area contributed by atoms with E-state index in [-0.39, 0.29) is 46.7 Å². The molecule has 0 bridgehead atoms. The van der Waals surface area contributed by atoms with Crippen LogP contribution in [-0.2, 0) is 0 Å². The van der Waals surface area contributed by atoms with Crippen LogP contribution in [0.1, 0.15) is 27.6 Å². The quantitative estimate of drug-likeness (QED) is 0.389. The van der Waals surface area contributed by atoms with Gasteiger partial charge in [-0.25, -0.2) is 4.39 Å². The number of nitrogens with two attached hydrogens (primary N) is 1. The van der Waals surface area contributed by atoms with E-state index in [0.717, 1.165) is 6.07 Å². The van der Waals surface area contributed by atoms with Gasteiger partial charge in [0.2, 0.25) is 0 Å². The molecule has 2 aromatic rings. The molecule has 4 N–H and O–H groups in total. The van der Waals surface area contributed by atoms with Crippen LogP contribution in [0.5, 0.6) is 17.2 Å². The van der Waals surface area contributed by atoms with Crippen LogP contribution >= 0.6 is 0 Å². The molecule has 2 rings (SSSR count). The Hall–Kier alpha value is -3.92. The van der Waals surface area contributed by atoms with E-state index in [1.807, 2.05) is 0 Å². The van der Waals surface area contributed by atoms with Gasteiger partial charge in [0.25, 0.3) is 11.8 Å². The SMILES string of the molecule is CN/C=C\C(N)=NC(=O)c1cc(Oc2ccc(C(=O)N(C)C)cc2F)cc(O[C@@H](C)CO)c1. The van der Waals surface area contributed by atoms with Crippen molar-refractivity contribution in [3.05, 3.63) is 65.6 Å². The number of nitrogens with zero attached hydrogens (tertiary/aromatic N) is 2. The smallest absolute Gasteiger partial charge is 0.279 e. The highest BCUT2D eigenvalue weighted by molar-refractivity contribution is 6.06. The first-order valence-corrected chi connectivity index (χ1v) is 9.98. The molecular formula is C23H27FN4O5. The molecular weight excluding hydrogens is 431 g/mol. The molecule has 0 unspecified atom stereocenters. The summed E-state index contributed by atoms with van der Waals surface area (Å²) in [6.07, 6.45) is 2.36. The van der Waals surface area contributed by atoms with Gasteiger partial charge in [0.15, 0.2) is 11.6 Å². The normalized spacial score (nSPS) is 12.4. The number of aliphatic hydroxyl groups excluding tert-OH is 1. The van der Waals surface area contributed by atoms with E-state index in [1.54, 1.807) is 28.1 Å². The average molecular weight is 458 g/mol. The Labute approximate surface area is 191 Å². The van der Waals surface area contributed by atoms with Gasteiger partial charge in [-0.3, -0.25) is 9.59 Å². The zero-order chi connectivity index (χ0) is 24.5. The van der Waals surface area contributed by atoms with Crippen molar-refractivity contribution in [3.8, 4) is 17.2 Å². The molecule has 2 amide bonds. The maximum absolute atomic E-state index is 14.6. The highest BCUT2D eigenvalue weighted by Gasteiger charge is 2.16.